The fraction of sp³-hybridized carbons (Fsp3) is 0.235. The van der Waals surface area contributed by atoms with Crippen molar-refractivity contribution in [2.45, 2.75) is 19.5 Å². The van der Waals surface area contributed by atoms with Gasteiger partial charge in [0, 0.05) is 31.2 Å². The predicted molar refractivity (Wildman–Crippen MR) is 94.0 cm³/mol. The molecule has 0 aliphatic rings. The van der Waals surface area contributed by atoms with Crippen molar-refractivity contribution in [3.63, 3.8) is 0 Å². The van der Waals surface area contributed by atoms with Gasteiger partial charge in [0.25, 0.3) is 0 Å². The first-order valence-corrected chi connectivity index (χ1v) is 8.17. The van der Waals surface area contributed by atoms with Crippen LogP contribution in [0.3, 0.4) is 0 Å². The number of aromatic nitrogens is 5. The second-order valence-corrected chi connectivity index (χ2v) is 5.65. The summed E-state index contributed by atoms with van der Waals surface area (Å²) >= 11 is 0. The Morgan fingerprint density at radius 2 is 1.88 bits per heavy atom. The molecule has 0 saturated heterocycles. The summed E-state index contributed by atoms with van der Waals surface area (Å²) in [4.78, 5) is 31.6. The van der Waals surface area contributed by atoms with Crippen molar-refractivity contribution in [2.24, 2.45) is 0 Å². The van der Waals surface area contributed by atoms with E-state index >= 15 is 0 Å². The Hall–Kier alpha value is -3.49. The number of carbonyl (C=O) groups excluding carboxylic acids is 2. The molecule has 2 aromatic heterocycles. The van der Waals surface area contributed by atoms with E-state index in [2.05, 4.69) is 25.7 Å². The number of rotatable bonds is 7. The molecule has 0 fully saturated rings. The van der Waals surface area contributed by atoms with Crippen LogP contribution in [-0.4, -0.2) is 42.7 Å². The van der Waals surface area contributed by atoms with E-state index < -0.39 is 11.8 Å². The third kappa shape index (κ3) is 5.00. The summed E-state index contributed by atoms with van der Waals surface area (Å²) in [6, 6.07) is 7.22. The summed E-state index contributed by atoms with van der Waals surface area (Å²) in [5.41, 5.74) is 1.57. The van der Waals surface area contributed by atoms with Crippen LogP contribution in [0.25, 0.3) is 0 Å². The topological polar surface area (TPSA) is 107 Å². The lowest BCUT2D eigenvalue weighted by atomic mass is 10.2. The molecule has 2 heterocycles. The van der Waals surface area contributed by atoms with Gasteiger partial charge in [-0.05, 0) is 24.1 Å². The average molecular weight is 353 g/mol. The van der Waals surface area contributed by atoms with Crippen LogP contribution < -0.4 is 10.6 Å². The zero-order valence-corrected chi connectivity index (χ0v) is 14.1. The SMILES string of the molecule is O=C(NCCCn1ccnc1)C(=O)Nc1ccc(Cn2cncn2)cc1. The van der Waals surface area contributed by atoms with Gasteiger partial charge in [-0.2, -0.15) is 5.10 Å². The Bertz CT molecular complexity index is 827. The Morgan fingerprint density at radius 1 is 1.04 bits per heavy atom. The highest BCUT2D eigenvalue weighted by Crippen LogP contribution is 2.10. The van der Waals surface area contributed by atoms with Crippen LogP contribution in [0.2, 0.25) is 0 Å². The van der Waals surface area contributed by atoms with E-state index in [0.29, 0.717) is 25.2 Å². The summed E-state index contributed by atoms with van der Waals surface area (Å²) in [6.45, 7) is 1.74. The van der Waals surface area contributed by atoms with Gasteiger partial charge < -0.3 is 15.2 Å². The maximum Gasteiger partial charge on any atom is 0.313 e. The van der Waals surface area contributed by atoms with Gasteiger partial charge in [0.05, 0.1) is 12.9 Å². The van der Waals surface area contributed by atoms with Gasteiger partial charge in [0.2, 0.25) is 0 Å². The van der Waals surface area contributed by atoms with Crippen molar-refractivity contribution >= 4 is 17.5 Å². The summed E-state index contributed by atoms with van der Waals surface area (Å²) in [7, 11) is 0. The van der Waals surface area contributed by atoms with Crippen LogP contribution in [0.5, 0.6) is 0 Å². The molecule has 0 radical (unpaired) electrons. The van der Waals surface area contributed by atoms with Crippen LogP contribution in [0.15, 0.2) is 55.6 Å². The highest BCUT2D eigenvalue weighted by molar-refractivity contribution is 6.39. The molecular formula is C17H19N7O2. The molecular weight excluding hydrogens is 334 g/mol. The fourth-order valence-corrected chi connectivity index (χ4v) is 2.35. The number of amides is 2. The van der Waals surface area contributed by atoms with Gasteiger partial charge in [0.1, 0.15) is 12.7 Å². The van der Waals surface area contributed by atoms with Gasteiger partial charge in [-0.1, -0.05) is 12.1 Å². The molecule has 0 spiro atoms. The molecule has 3 aromatic rings. The van der Waals surface area contributed by atoms with Crippen LogP contribution in [0.1, 0.15) is 12.0 Å². The van der Waals surface area contributed by atoms with Crippen LogP contribution in [0, 0.1) is 0 Å². The number of aryl methyl sites for hydroxylation is 1. The Kier molecular flexibility index (Phi) is 5.71. The number of imidazole rings is 1. The minimum absolute atomic E-state index is 0.418. The van der Waals surface area contributed by atoms with Gasteiger partial charge in [-0.15, -0.1) is 0 Å². The lowest BCUT2D eigenvalue weighted by Gasteiger charge is -2.08. The van der Waals surface area contributed by atoms with Gasteiger partial charge in [0.15, 0.2) is 0 Å². The van der Waals surface area contributed by atoms with Crippen LogP contribution in [-0.2, 0) is 22.7 Å². The molecule has 9 heteroatoms. The summed E-state index contributed by atoms with van der Waals surface area (Å²) in [5.74, 6) is -1.33. The van der Waals surface area contributed by atoms with Gasteiger partial charge in [-0.3, -0.25) is 9.59 Å². The van der Waals surface area contributed by atoms with E-state index in [1.54, 1.807) is 35.7 Å². The lowest BCUT2D eigenvalue weighted by Crippen LogP contribution is -2.36. The van der Waals surface area contributed by atoms with E-state index in [9.17, 15) is 9.59 Å². The van der Waals surface area contributed by atoms with E-state index in [4.69, 9.17) is 0 Å². The van der Waals surface area contributed by atoms with Crippen molar-refractivity contribution in [1.82, 2.24) is 29.6 Å². The molecule has 2 N–H and O–H groups in total. The van der Waals surface area contributed by atoms with E-state index in [1.807, 2.05) is 22.9 Å². The molecule has 0 atom stereocenters. The Morgan fingerprint density at radius 3 is 2.58 bits per heavy atom. The molecule has 0 saturated carbocycles. The number of carbonyl (C=O) groups is 2. The van der Waals surface area contributed by atoms with Crippen molar-refractivity contribution in [1.29, 1.82) is 0 Å². The fourth-order valence-electron chi connectivity index (χ4n) is 2.35. The number of hydrogen-bond donors (Lipinski definition) is 2. The maximum atomic E-state index is 11.9. The molecule has 0 bridgehead atoms. The predicted octanol–water partition coefficient (Wildman–Crippen LogP) is 0.668. The first kappa shape index (κ1) is 17.3. The summed E-state index contributed by atoms with van der Waals surface area (Å²) in [6.07, 6.45) is 9.08. The van der Waals surface area contributed by atoms with Crippen molar-refractivity contribution in [3.8, 4) is 0 Å². The zero-order chi connectivity index (χ0) is 18.2. The maximum absolute atomic E-state index is 11.9. The normalized spacial score (nSPS) is 10.5. The molecule has 2 amide bonds. The largest absolute Gasteiger partial charge is 0.348 e. The molecule has 3 rings (SSSR count). The standard InChI is InChI=1S/C17H19N7O2/c25-16(20-6-1-8-23-9-7-18-12-23)17(26)22-15-4-2-14(3-5-15)10-24-13-19-11-21-24/h2-5,7,9,11-13H,1,6,8,10H2,(H,20,25)(H,22,26). The summed E-state index contributed by atoms with van der Waals surface area (Å²) in [5, 5.41) is 9.22. The molecule has 26 heavy (non-hydrogen) atoms. The number of anilines is 1. The molecule has 1 aromatic carbocycles. The quantitative estimate of drug-likeness (QED) is 0.479. The smallest absolute Gasteiger partial charge is 0.313 e. The highest BCUT2D eigenvalue weighted by Gasteiger charge is 2.12. The van der Waals surface area contributed by atoms with Crippen LogP contribution in [0.4, 0.5) is 5.69 Å². The Labute approximate surface area is 150 Å². The van der Waals surface area contributed by atoms with Crippen molar-refractivity contribution in [2.75, 3.05) is 11.9 Å². The third-order valence-electron chi connectivity index (χ3n) is 3.67. The average Bonchev–Trinajstić information content (AvgIpc) is 3.34. The van der Waals surface area contributed by atoms with Crippen molar-refractivity contribution < 1.29 is 9.59 Å². The zero-order valence-electron chi connectivity index (χ0n) is 14.1. The number of nitrogens with one attached hydrogen (secondary N) is 2. The Balaban J connectivity index is 1.41. The monoisotopic (exact) mass is 353 g/mol. The van der Waals surface area contributed by atoms with Crippen molar-refractivity contribution in [3.05, 3.63) is 61.2 Å². The molecule has 134 valence electrons. The molecule has 0 aliphatic heterocycles. The van der Waals surface area contributed by atoms with E-state index in [-0.39, 0.29) is 0 Å². The second-order valence-electron chi connectivity index (χ2n) is 5.65. The first-order chi connectivity index (χ1) is 12.7. The highest BCUT2D eigenvalue weighted by atomic mass is 16.2. The van der Waals surface area contributed by atoms with Gasteiger partial charge >= 0.3 is 11.8 Å². The summed E-state index contributed by atoms with van der Waals surface area (Å²) < 4.78 is 3.61. The van der Waals surface area contributed by atoms with Gasteiger partial charge in [-0.25, -0.2) is 14.6 Å². The lowest BCUT2D eigenvalue weighted by molar-refractivity contribution is -0.136. The van der Waals surface area contributed by atoms with E-state index in [1.165, 1.54) is 6.33 Å². The third-order valence-corrected chi connectivity index (χ3v) is 3.67. The minimum atomic E-state index is -0.684. The first-order valence-electron chi connectivity index (χ1n) is 8.17. The molecule has 0 unspecified atom stereocenters. The number of benzene rings is 1. The number of nitrogens with zero attached hydrogens (tertiary/aromatic N) is 5. The second kappa shape index (κ2) is 8.56. The van der Waals surface area contributed by atoms with Crippen LogP contribution >= 0.6 is 0 Å². The minimum Gasteiger partial charge on any atom is -0.348 e. The van der Waals surface area contributed by atoms with E-state index in [0.717, 1.165) is 12.1 Å². The number of hydrogen-bond acceptors (Lipinski definition) is 5. The molecule has 9 nitrogen and oxygen atoms in total. The molecule has 0 aliphatic carbocycles.